The number of ether oxygens (including phenoxy) is 2. The van der Waals surface area contributed by atoms with Gasteiger partial charge in [0.25, 0.3) is 11.8 Å². The summed E-state index contributed by atoms with van der Waals surface area (Å²) in [4.78, 5) is 20.6. The van der Waals surface area contributed by atoms with Crippen LogP contribution in [0.3, 0.4) is 0 Å². The van der Waals surface area contributed by atoms with Crippen LogP contribution in [0.2, 0.25) is 0 Å². The van der Waals surface area contributed by atoms with E-state index >= 15 is 0 Å². The van der Waals surface area contributed by atoms with E-state index in [2.05, 4.69) is 11.1 Å². The normalized spacial score (nSPS) is 13.3. The zero-order valence-corrected chi connectivity index (χ0v) is 20.4. The van der Waals surface area contributed by atoms with E-state index in [0.29, 0.717) is 49.3 Å². The van der Waals surface area contributed by atoms with Gasteiger partial charge in [0.05, 0.1) is 0 Å². The van der Waals surface area contributed by atoms with Crippen molar-refractivity contribution < 1.29 is 23.1 Å². The van der Waals surface area contributed by atoms with Crippen molar-refractivity contribution in [3.05, 3.63) is 83.7 Å². The second kappa shape index (κ2) is 10.9. The molecule has 1 amide bonds. The Balaban J connectivity index is 1.18. The molecule has 9 nitrogen and oxygen atoms in total. The largest absolute Gasteiger partial charge is 0.486 e. The van der Waals surface area contributed by atoms with Crippen LogP contribution in [0.15, 0.2) is 75.6 Å². The molecule has 0 bridgehead atoms. The van der Waals surface area contributed by atoms with Crippen LogP contribution in [0.5, 0.6) is 11.5 Å². The molecule has 0 saturated carbocycles. The SMILES string of the molecule is Cc1cccc(OCc2ccc(-c3nc(C#N)c(N4CCN(C(=O)COc5ccccc5)CC4)o3)o2)c1. The van der Waals surface area contributed by atoms with Gasteiger partial charge in [0, 0.05) is 26.2 Å². The fraction of sp³-hybridized carbons (Fsp3) is 0.250. The number of aromatic nitrogens is 1. The molecule has 1 fully saturated rings. The van der Waals surface area contributed by atoms with Gasteiger partial charge in [-0.25, -0.2) is 0 Å². The van der Waals surface area contributed by atoms with Crippen LogP contribution in [0.25, 0.3) is 11.7 Å². The molecule has 4 aromatic rings. The monoisotopic (exact) mass is 498 g/mol. The Labute approximate surface area is 214 Å². The highest BCUT2D eigenvalue weighted by Crippen LogP contribution is 2.30. The molecule has 5 rings (SSSR count). The number of furan rings is 1. The van der Waals surface area contributed by atoms with Crippen molar-refractivity contribution >= 4 is 11.8 Å². The van der Waals surface area contributed by atoms with Crippen LogP contribution < -0.4 is 14.4 Å². The van der Waals surface area contributed by atoms with Crippen LogP contribution in [0.4, 0.5) is 5.88 Å². The number of piperazine rings is 1. The van der Waals surface area contributed by atoms with E-state index in [9.17, 15) is 10.1 Å². The zero-order valence-electron chi connectivity index (χ0n) is 20.4. The second-order valence-corrected chi connectivity index (χ2v) is 8.63. The van der Waals surface area contributed by atoms with E-state index in [4.69, 9.17) is 18.3 Å². The van der Waals surface area contributed by atoms with Gasteiger partial charge in [-0.2, -0.15) is 10.2 Å². The maximum Gasteiger partial charge on any atom is 0.266 e. The summed E-state index contributed by atoms with van der Waals surface area (Å²) < 4.78 is 23.2. The number of carbonyl (C=O) groups is 1. The average Bonchev–Trinajstić information content (AvgIpc) is 3.59. The fourth-order valence-corrected chi connectivity index (χ4v) is 4.05. The molecule has 0 aliphatic carbocycles. The number of anilines is 1. The molecule has 0 radical (unpaired) electrons. The van der Waals surface area contributed by atoms with E-state index < -0.39 is 0 Å². The summed E-state index contributed by atoms with van der Waals surface area (Å²) in [6, 6.07) is 22.7. The molecule has 9 heteroatoms. The van der Waals surface area contributed by atoms with Gasteiger partial charge in [0.15, 0.2) is 12.4 Å². The minimum absolute atomic E-state index is 0.0195. The third-order valence-corrected chi connectivity index (χ3v) is 5.98. The van der Waals surface area contributed by atoms with Crippen molar-refractivity contribution in [3.63, 3.8) is 0 Å². The van der Waals surface area contributed by atoms with Crippen LogP contribution in [-0.4, -0.2) is 48.6 Å². The van der Waals surface area contributed by atoms with Crippen molar-refractivity contribution in [3.8, 4) is 29.2 Å². The first kappa shape index (κ1) is 24.0. The molecule has 0 unspecified atom stereocenters. The number of nitrogens with zero attached hydrogens (tertiary/aromatic N) is 4. The summed E-state index contributed by atoms with van der Waals surface area (Å²) in [5.41, 5.74) is 1.29. The molecular weight excluding hydrogens is 472 g/mol. The number of carbonyl (C=O) groups excluding carboxylic acids is 1. The van der Waals surface area contributed by atoms with E-state index in [1.807, 2.05) is 66.4 Å². The summed E-state index contributed by atoms with van der Waals surface area (Å²) in [6.45, 7) is 4.23. The van der Waals surface area contributed by atoms with Crippen molar-refractivity contribution in [2.75, 3.05) is 37.7 Å². The Kier molecular flexibility index (Phi) is 7.08. The van der Waals surface area contributed by atoms with Gasteiger partial charge < -0.3 is 28.1 Å². The van der Waals surface area contributed by atoms with Crippen LogP contribution in [0, 0.1) is 18.3 Å². The van der Waals surface area contributed by atoms with Gasteiger partial charge >= 0.3 is 0 Å². The number of aryl methyl sites for hydroxylation is 1. The predicted molar refractivity (Wildman–Crippen MR) is 135 cm³/mol. The first-order valence-electron chi connectivity index (χ1n) is 12.0. The lowest BCUT2D eigenvalue weighted by Crippen LogP contribution is -2.50. The minimum Gasteiger partial charge on any atom is -0.486 e. The van der Waals surface area contributed by atoms with Gasteiger partial charge in [-0.1, -0.05) is 30.3 Å². The smallest absolute Gasteiger partial charge is 0.266 e. The number of rotatable bonds is 8. The molecule has 3 heterocycles. The maximum absolute atomic E-state index is 12.6. The molecule has 2 aromatic heterocycles. The standard InChI is InChI=1S/C28H26N4O5/c1-20-6-5-9-22(16-20)34-18-23-10-11-25(36-23)27-30-24(17-29)28(37-27)32-14-12-31(13-15-32)26(33)19-35-21-7-3-2-4-8-21/h2-11,16H,12-15,18-19H2,1H3. The Morgan fingerprint density at radius 2 is 1.76 bits per heavy atom. The number of oxazole rings is 1. The van der Waals surface area contributed by atoms with Gasteiger partial charge in [-0.05, 0) is 48.9 Å². The molecule has 188 valence electrons. The third kappa shape index (κ3) is 5.76. The first-order valence-corrected chi connectivity index (χ1v) is 12.0. The van der Waals surface area contributed by atoms with Gasteiger partial charge in [0.1, 0.15) is 29.9 Å². The molecule has 0 N–H and O–H groups in total. The summed E-state index contributed by atoms with van der Waals surface area (Å²) >= 11 is 0. The lowest BCUT2D eigenvalue weighted by atomic mass is 10.2. The topological polar surface area (TPSA) is 105 Å². The molecule has 37 heavy (non-hydrogen) atoms. The van der Waals surface area contributed by atoms with Crippen molar-refractivity contribution in [1.29, 1.82) is 5.26 Å². The third-order valence-electron chi connectivity index (χ3n) is 5.98. The second-order valence-electron chi connectivity index (χ2n) is 8.63. The quantitative estimate of drug-likeness (QED) is 0.352. The molecular formula is C28H26N4O5. The summed E-state index contributed by atoms with van der Waals surface area (Å²) in [5.74, 6) is 2.95. The van der Waals surface area contributed by atoms with Gasteiger partial charge in [-0.15, -0.1) is 0 Å². The number of hydrogen-bond donors (Lipinski definition) is 0. The fourth-order valence-electron chi connectivity index (χ4n) is 4.05. The summed E-state index contributed by atoms with van der Waals surface area (Å²) in [5, 5.41) is 9.63. The van der Waals surface area contributed by atoms with Crippen molar-refractivity contribution in [1.82, 2.24) is 9.88 Å². The highest BCUT2D eigenvalue weighted by atomic mass is 16.5. The lowest BCUT2D eigenvalue weighted by molar-refractivity contribution is -0.133. The zero-order chi connectivity index (χ0) is 25.6. The molecule has 1 saturated heterocycles. The van der Waals surface area contributed by atoms with E-state index in [1.165, 1.54) is 0 Å². The summed E-state index contributed by atoms with van der Waals surface area (Å²) in [6.07, 6.45) is 0. The van der Waals surface area contributed by atoms with Gasteiger partial charge in [0.2, 0.25) is 11.6 Å². The number of amides is 1. The van der Waals surface area contributed by atoms with Crippen LogP contribution >= 0.6 is 0 Å². The minimum atomic E-state index is -0.0849. The average molecular weight is 499 g/mol. The Morgan fingerprint density at radius 3 is 2.51 bits per heavy atom. The number of nitriles is 1. The lowest BCUT2D eigenvalue weighted by Gasteiger charge is -2.34. The molecule has 0 atom stereocenters. The highest BCUT2D eigenvalue weighted by Gasteiger charge is 2.27. The molecule has 1 aliphatic rings. The van der Waals surface area contributed by atoms with E-state index in [1.54, 1.807) is 17.0 Å². The van der Waals surface area contributed by atoms with Crippen LogP contribution in [-0.2, 0) is 11.4 Å². The van der Waals surface area contributed by atoms with Crippen LogP contribution in [0.1, 0.15) is 17.0 Å². The Morgan fingerprint density at radius 1 is 0.973 bits per heavy atom. The highest BCUT2D eigenvalue weighted by molar-refractivity contribution is 5.78. The van der Waals surface area contributed by atoms with Crippen molar-refractivity contribution in [2.45, 2.75) is 13.5 Å². The number of benzene rings is 2. The molecule has 2 aromatic carbocycles. The van der Waals surface area contributed by atoms with Crippen molar-refractivity contribution in [2.24, 2.45) is 0 Å². The van der Waals surface area contributed by atoms with Gasteiger partial charge in [-0.3, -0.25) is 4.79 Å². The summed E-state index contributed by atoms with van der Waals surface area (Å²) in [7, 11) is 0. The molecule has 1 aliphatic heterocycles. The Hall–Kier alpha value is -4.71. The molecule has 0 spiro atoms. The predicted octanol–water partition coefficient (Wildman–Crippen LogP) is 4.42. The maximum atomic E-state index is 12.6. The van der Waals surface area contributed by atoms with E-state index in [0.717, 1.165) is 11.3 Å². The first-order chi connectivity index (χ1) is 18.1. The van der Waals surface area contributed by atoms with E-state index in [-0.39, 0.29) is 30.7 Å². The number of para-hydroxylation sites is 1. The number of hydrogen-bond acceptors (Lipinski definition) is 8. The Bertz CT molecular complexity index is 1400.